The van der Waals surface area contributed by atoms with Crippen LogP contribution in [-0.4, -0.2) is 28.6 Å². The van der Waals surface area contributed by atoms with E-state index < -0.39 is 17.6 Å². The molecule has 1 aliphatic carbocycles. The average Bonchev–Trinajstić information content (AvgIpc) is 3.55. The van der Waals surface area contributed by atoms with Crippen molar-refractivity contribution in [3.05, 3.63) is 65.7 Å². The maximum absolute atomic E-state index is 13.3. The monoisotopic (exact) mass is 445 g/mol. The van der Waals surface area contributed by atoms with E-state index in [9.17, 15) is 22.8 Å². The third-order valence-electron chi connectivity index (χ3n) is 4.71. The molecule has 1 aromatic heterocycles. The molecule has 0 saturated heterocycles. The Balaban J connectivity index is 1.61. The number of hydrogen-bond acceptors (Lipinski definition) is 4. The van der Waals surface area contributed by atoms with Gasteiger partial charge in [0, 0.05) is 11.4 Å². The summed E-state index contributed by atoms with van der Waals surface area (Å²) in [6.45, 7) is 0. The Hall–Kier alpha value is -3.07. The van der Waals surface area contributed by atoms with Gasteiger partial charge in [0.25, 0.3) is 5.91 Å². The summed E-state index contributed by atoms with van der Waals surface area (Å²) in [6.07, 6.45) is -2.64. The first-order valence-corrected chi connectivity index (χ1v) is 10.6. The van der Waals surface area contributed by atoms with Crippen LogP contribution in [0.5, 0.6) is 0 Å². The molecule has 1 heterocycles. The molecule has 1 aliphatic rings. The van der Waals surface area contributed by atoms with E-state index in [4.69, 9.17) is 0 Å². The fourth-order valence-corrected chi connectivity index (χ4v) is 3.80. The van der Waals surface area contributed by atoms with Crippen molar-refractivity contribution >= 4 is 40.2 Å². The number of para-hydroxylation sites is 2. The molecule has 2 N–H and O–H groups in total. The Morgan fingerprint density at radius 2 is 1.77 bits per heavy atom. The van der Waals surface area contributed by atoms with E-state index in [2.05, 4.69) is 15.6 Å². The van der Waals surface area contributed by atoms with E-state index in [0.717, 1.165) is 18.9 Å². The van der Waals surface area contributed by atoms with Crippen LogP contribution in [-0.2, 0) is 11.0 Å². The summed E-state index contributed by atoms with van der Waals surface area (Å²) >= 11 is 1.18. The smallest absolute Gasteiger partial charge is 0.353 e. The van der Waals surface area contributed by atoms with E-state index >= 15 is 0 Å². The van der Waals surface area contributed by atoms with Gasteiger partial charge in [-0.25, -0.2) is 4.98 Å². The predicted molar refractivity (Wildman–Crippen MR) is 113 cm³/mol. The Bertz CT molecular complexity index is 1150. The van der Waals surface area contributed by atoms with Crippen molar-refractivity contribution in [2.45, 2.75) is 30.1 Å². The number of pyridine rings is 1. The first-order chi connectivity index (χ1) is 14.8. The lowest BCUT2D eigenvalue weighted by molar-refractivity contribution is -0.136. The van der Waals surface area contributed by atoms with Gasteiger partial charge in [-0.05, 0) is 37.1 Å². The Kier molecular flexibility index (Phi) is 5.86. The number of fused-ring (bicyclic) bond motifs is 1. The minimum atomic E-state index is -4.60. The SMILES string of the molecule is O=C(CSc1cc(C(=O)Nc2ccccc2C(F)(F)F)c2ccccc2n1)NC1CC1. The highest BCUT2D eigenvalue weighted by Crippen LogP contribution is 2.35. The zero-order valence-electron chi connectivity index (χ0n) is 16.2. The van der Waals surface area contributed by atoms with Crippen molar-refractivity contribution in [2.75, 3.05) is 11.1 Å². The van der Waals surface area contributed by atoms with Gasteiger partial charge in [-0.3, -0.25) is 9.59 Å². The number of halogens is 3. The first-order valence-electron chi connectivity index (χ1n) is 9.61. The first kappa shape index (κ1) is 21.2. The van der Waals surface area contributed by atoms with E-state index in [1.807, 2.05) is 0 Å². The summed E-state index contributed by atoms with van der Waals surface area (Å²) < 4.78 is 39.9. The molecular formula is C22H18F3N3O2S. The van der Waals surface area contributed by atoms with Crippen LogP contribution in [0.4, 0.5) is 18.9 Å². The molecule has 5 nitrogen and oxygen atoms in total. The molecule has 0 radical (unpaired) electrons. The zero-order valence-corrected chi connectivity index (χ0v) is 17.0. The van der Waals surface area contributed by atoms with Crippen molar-refractivity contribution in [1.29, 1.82) is 0 Å². The minimum absolute atomic E-state index is 0.118. The molecule has 1 saturated carbocycles. The molecule has 31 heavy (non-hydrogen) atoms. The molecule has 9 heteroatoms. The normalized spacial score (nSPS) is 13.8. The standard InChI is InChI=1S/C22H18F3N3O2S/c23-22(24,25)16-6-2-4-8-18(16)28-21(30)15-11-20(27-17-7-3-1-5-14(15)17)31-12-19(29)26-13-9-10-13/h1-8,11,13H,9-10,12H2,(H,26,29)(H,28,30). The Labute approximate surface area is 180 Å². The van der Waals surface area contributed by atoms with Crippen LogP contribution in [0.25, 0.3) is 10.9 Å². The third kappa shape index (κ3) is 5.16. The molecule has 0 bridgehead atoms. The zero-order chi connectivity index (χ0) is 22.0. The van der Waals surface area contributed by atoms with Crippen LogP contribution in [0.1, 0.15) is 28.8 Å². The summed E-state index contributed by atoms with van der Waals surface area (Å²) in [4.78, 5) is 29.4. The van der Waals surface area contributed by atoms with Crippen LogP contribution in [0.3, 0.4) is 0 Å². The number of aromatic nitrogens is 1. The summed E-state index contributed by atoms with van der Waals surface area (Å²) in [6, 6.07) is 13.4. The highest BCUT2D eigenvalue weighted by atomic mass is 32.2. The van der Waals surface area contributed by atoms with Gasteiger partial charge >= 0.3 is 6.18 Å². The number of nitrogens with zero attached hydrogens (tertiary/aromatic N) is 1. The number of carbonyl (C=O) groups excluding carboxylic acids is 2. The van der Waals surface area contributed by atoms with Gasteiger partial charge < -0.3 is 10.6 Å². The molecule has 3 aromatic rings. The number of carbonyl (C=O) groups is 2. The summed E-state index contributed by atoms with van der Waals surface area (Å²) in [5.41, 5.74) is -0.538. The molecule has 0 unspecified atom stereocenters. The van der Waals surface area contributed by atoms with Crippen molar-refractivity contribution in [1.82, 2.24) is 10.3 Å². The Morgan fingerprint density at radius 3 is 2.52 bits per heavy atom. The number of nitrogens with one attached hydrogen (secondary N) is 2. The molecule has 0 spiro atoms. The van der Waals surface area contributed by atoms with Crippen molar-refractivity contribution in [3.8, 4) is 0 Å². The topological polar surface area (TPSA) is 71.1 Å². The van der Waals surface area contributed by atoms with E-state index in [0.29, 0.717) is 15.9 Å². The fourth-order valence-electron chi connectivity index (χ4n) is 3.08. The van der Waals surface area contributed by atoms with Crippen LogP contribution in [0.15, 0.2) is 59.6 Å². The van der Waals surface area contributed by atoms with Gasteiger partial charge in [-0.1, -0.05) is 42.1 Å². The minimum Gasteiger partial charge on any atom is -0.353 e. The van der Waals surface area contributed by atoms with E-state index in [-0.39, 0.29) is 29.0 Å². The van der Waals surface area contributed by atoms with Gasteiger partial charge in [0.2, 0.25) is 5.91 Å². The number of thioether (sulfide) groups is 1. The van der Waals surface area contributed by atoms with Gasteiger partial charge in [-0.15, -0.1) is 0 Å². The number of amides is 2. The highest BCUT2D eigenvalue weighted by molar-refractivity contribution is 7.99. The van der Waals surface area contributed by atoms with Gasteiger partial charge in [0.1, 0.15) is 0 Å². The second-order valence-corrected chi connectivity index (χ2v) is 8.15. The predicted octanol–water partition coefficient (Wildman–Crippen LogP) is 4.88. The van der Waals surface area contributed by atoms with Crippen LogP contribution < -0.4 is 10.6 Å². The fraction of sp³-hybridized carbons (Fsp3) is 0.227. The van der Waals surface area contributed by atoms with Crippen LogP contribution in [0.2, 0.25) is 0 Å². The molecule has 160 valence electrons. The van der Waals surface area contributed by atoms with Crippen molar-refractivity contribution in [3.63, 3.8) is 0 Å². The molecule has 2 amide bonds. The van der Waals surface area contributed by atoms with E-state index in [1.165, 1.54) is 36.0 Å². The number of benzene rings is 2. The molecule has 4 rings (SSSR count). The maximum Gasteiger partial charge on any atom is 0.418 e. The number of alkyl halides is 3. The molecular weight excluding hydrogens is 427 g/mol. The average molecular weight is 445 g/mol. The second-order valence-electron chi connectivity index (χ2n) is 7.15. The number of hydrogen-bond donors (Lipinski definition) is 2. The quantitative estimate of drug-likeness (QED) is 0.531. The van der Waals surface area contributed by atoms with Crippen molar-refractivity contribution in [2.24, 2.45) is 0 Å². The van der Waals surface area contributed by atoms with Crippen LogP contribution >= 0.6 is 11.8 Å². The number of anilines is 1. The van der Waals surface area contributed by atoms with Gasteiger partial charge in [0.15, 0.2) is 0 Å². The molecule has 1 fully saturated rings. The lowest BCUT2D eigenvalue weighted by Gasteiger charge is -2.14. The summed E-state index contributed by atoms with van der Waals surface area (Å²) in [7, 11) is 0. The molecule has 0 aliphatic heterocycles. The molecule has 0 atom stereocenters. The summed E-state index contributed by atoms with van der Waals surface area (Å²) in [5, 5.41) is 6.21. The van der Waals surface area contributed by atoms with Gasteiger partial charge in [0.05, 0.1) is 33.1 Å². The summed E-state index contributed by atoms with van der Waals surface area (Å²) in [5.74, 6) is -0.660. The van der Waals surface area contributed by atoms with Gasteiger partial charge in [-0.2, -0.15) is 13.2 Å². The maximum atomic E-state index is 13.3. The largest absolute Gasteiger partial charge is 0.418 e. The lowest BCUT2D eigenvalue weighted by Crippen LogP contribution is -2.27. The highest BCUT2D eigenvalue weighted by Gasteiger charge is 2.33. The van der Waals surface area contributed by atoms with Crippen LogP contribution in [0, 0.1) is 0 Å². The third-order valence-corrected chi connectivity index (χ3v) is 5.62. The lowest BCUT2D eigenvalue weighted by atomic mass is 10.1. The van der Waals surface area contributed by atoms with Crippen molar-refractivity contribution < 1.29 is 22.8 Å². The number of rotatable bonds is 6. The van der Waals surface area contributed by atoms with E-state index in [1.54, 1.807) is 24.3 Å². The molecule has 2 aromatic carbocycles. The Morgan fingerprint density at radius 1 is 1.06 bits per heavy atom. The second kappa shape index (κ2) is 8.58.